The molecule has 122 valence electrons. The molecule has 5 heteroatoms. The third kappa shape index (κ3) is 3.09. The highest BCUT2D eigenvalue weighted by Gasteiger charge is 2.27. The Morgan fingerprint density at radius 2 is 1.87 bits per heavy atom. The zero-order valence-corrected chi connectivity index (χ0v) is 14.8. The zero-order valence-electron chi connectivity index (χ0n) is 13.2. The van der Waals surface area contributed by atoms with Gasteiger partial charge in [-0.15, -0.1) is 11.3 Å². The number of nitrogens with one attached hydrogen (secondary N) is 1. The number of amides is 1. The fourth-order valence-electron chi connectivity index (χ4n) is 3.54. The van der Waals surface area contributed by atoms with E-state index in [1.54, 1.807) is 0 Å². The molecule has 1 fully saturated rings. The van der Waals surface area contributed by atoms with Crippen molar-refractivity contribution in [3.05, 3.63) is 40.5 Å². The number of hydrogen-bond donors (Lipinski definition) is 1. The number of aryl methyl sites for hydroxylation is 1. The van der Waals surface area contributed by atoms with Crippen LogP contribution in [0.1, 0.15) is 46.5 Å². The molecular weight excluding hydrogens is 324 g/mol. The monoisotopic (exact) mass is 346 g/mol. The van der Waals surface area contributed by atoms with Crippen molar-refractivity contribution in [3.63, 3.8) is 0 Å². The predicted molar refractivity (Wildman–Crippen MR) is 98.1 cm³/mol. The van der Waals surface area contributed by atoms with Gasteiger partial charge >= 0.3 is 0 Å². The summed E-state index contributed by atoms with van der Waals surface area (Å²) >= 11 is 3.80. The minimum Gasteiger partial charge on any atom is -0.349 e. The summed E-state index contributed by atoms with van der Waals surface area (Å²) in [5.74, 6) is 2.47. The molecule has 3 heterocycles. The van der Waals surface area contributed by atoms with Crippen LogP contribution >= 0.6 is 23.1 Å². The summed E-state index contributed by atoms with van der Waals surface area (Å²) in [7, 11) is 0. The average molecular weight is 347 g/mol. The van der Waals surface area contributed by atoms with Gasteiger partial charge < -0.3 is 9.88 Å². The van der Waals surface area contributed by atoms with Crippen LogP contribution in [0.2, 0.25) is 0 Å². The van der Waals surface area contributed by atoms with Gasteiger partial charge in [-0.2, -0.15) is 11.8 Å². The van der Waals surface area contributed by atoms with Crippen molar-refractivity contribution in [1.82, 2.24) is 9.88 Å². The third-order valence-electron chi connectivity index (χ3n) is 4.78. The summed E-state index contributed by atoms with van der Waals surface area (Å²) in [5, 5.41) is 4.42. The molecular formula is C18H22N2OS2. The topological polar surface area (TPSA) is 34.0 Å². The number of thiophene rings is 1. The van der Waals surface area contributed by atoms with Crippen LogP contribution < -0.4 is 5.32 Å². The van der Waals surface area contributed by atoms with Crippen LogP contribution in [-0.4, -0.2) is 28.0 Å². The molecule has 0 aromatic carbocycles. The number of carbonyl (C=O) groups is 1. The molecule has 23 heavy (non-hydrogen) atoms. The molecule has 1 aliphatic heterocycles. The SMILES string of the molecule is O=C(NC1CCSCC1)c1c(-n2cccc2)sc2c1CCCC2. The van der Waals surface area contributed by atoms with E-state index in [2.05, 4.69) is 9.88 Å². The van der Waals surface area contributed by atoms with E-state index in [1.165, 1.54) is 23.3 Å². The van der Waals surface area contributed by atoms with Crippen molar-refractivity contribution in [2.75, 3.05) is 11.5 Å². The maximum atomic E-state index is 13.0. The van der Waals surface area contributed by atoms with Crippen LogP contribution in [0.4, 0.5) is 0 Å². The molecule has 2 aromatic heterocycles. The first-order chi connectivity index (χ1) is 11.3. The van der Waals surface area contributed by atoms with Gasteiger partial charge in [-0.3, -0.25) is 4.79 Å². The average Bonchev–Trinajstić information content (AvgIpc) is 3.23. The maximum Gasteiger partial charge on any atom is 0.254 e. The summed E-state index contributed by atoms with van der Waals surface area (Å²) in [6.07, 6.45) is 10.9. The molecule has 0 bridgehead atoms. The largest absolute Gasteiger partial charge is 0.349 e. The fourth-order valence-corrected chi connectivity index (χ4v) is 6.00. The van der Waals surface area contributed by atoms with Gasteiger partial charge in [0.15, 0.2) is 0 Å². The van der Waals surface area contributed by atoms with Crippen LogP contribution in [-0.2, 0) is 12.8 Å². The van der Waals surface area contributed by atoms with Gasteiger partial charge in [0.25, 0.3) is 5.91 Å². The number of aromatic nitrogens is 1. The van der Waals surface area contributed by atoms with Gasteiger partial charge in [-0.25, -0.2) is 0 Å². The van der Waals surface area contributed by atoms with E-state index in [-0.39, 0.29) is 5.91 Å². The van der Waals surface area contributed by atoms with Crippen LogP contribution in [0, 0.1) is 0 Å². The van der Waals surface area contributed by atoms with Crippen molar-refractivity contribution >= 4 is 29.0 Å². The second-order valence-corrected chi connectivity index (χ2v) is 8.65. The molecule has 1 N–H and O–H groups in total. The number of hydrogen-bond acceptors (Lipinski definition) is 3. The number of carbonyl (C=O) groups excluding carboxylic acids is 1. The highest BCUT2D eigenvalue weighted by Crippen LogP contribution is 2.37. The molecule has 0 spiro atoms. The van der Waals surface area contributed by atoms with Gasteiger partial charge in [-0.05, 0) is 67.7 Å². The van der Waals surface area contributed by atoms with E-state index in [0.29, 0.717) is 6.04 Å². The summed E-state index contributed by atoms with van der Waals surface area (Å²) < 4.78 is 2.11. The lowest BCUT2D eigenvalue weighted by molar-refractivity contribution is 0.0934. The van der Waals surface area contributed by atoms with Crippen molar-refractivity contribution in [2.24, 2.45) is 0 Å². The number of fused-ring (bicyclic) bond motifs is 1. The summed E-state index contributed by atoms with van der Waals surface area (Å²) in [6, 6.07) is 4.40. The van der Waals surface area contributed by atoms with Crippen molar-refractivity contribution in [3.8, 4) is 5.00 Å². The minimum atomic E-state index is 0.144. The molecule has 1 saturated heterocycles. The van der Waals surface area contributed by atoms with Gasteiger partial charge in [-0.1, -0.05) is 0 Å². The highest BCUT2D eigenvalue weighted by atomic mass is 32.2. The zero-order chi connectivity index (χ0) is 15.6. The van der Waals surface area contributed by atoms with Gasteiger partial charge in [0.05, 0.1) is 5.56 Å². The first kappa shape index (κ1) is 15.3. The highest BCUT2D eigenvalue weighted by molar-refractivity contribution is 7.99. The second-order valence-electron chi connectivity index (χ2n) is 6.34. The summed E-state index contributed by atoms with van der Waals surface area (Å²) in [6.45, 7) is 0. The molecule has 0 saturated carbocycles. The number of rotatable bonds is 3. The lowest BCUT2D eigenvalue weighted by atomic mass is 9.95. The Labute approximate surface area is 145 Å². The maximum absolute atomic E-state index is 13.0. The van der Waals surface area contributed by atoms with Crippen LogP contribution in [0.25, 0.3) is 5.00 Å². The van der Waals surface area contributed by atoms with E-state index in [0.717, 1.165) is 47.8 Å². The summed E-state index contributed by atoms with van der Waals surface area (Å²) in [4.78, 5) is 14.5. The number of nitrogens with zero attached hydrogens (tertiary/aromatic N) is 1. The molecule has 2 aliphatic rings. The van der Waals surface area contributed by atoms with Crippen molar-refractivity contribution in [1.29, 1.82) is 0 Å². The smallest absolute Gasteiger partial charge is 0.254 e. The van der Waals surface area contributed by atoms with E-state index < -0.39 is 0 Å². The molecule has 0 radical (unpaired) electrons. The predicted octanol–water partition coefficient (Wildman–Crippen LogP) is 4.04. The number of thioether (sulfide) groups is 1. The Hall–Kier alpha value is -1.20. The fraction of sp³-hybridized carbons (Fsp3) is 0.500. The van der Waals surface area contributed by atoms with E-state index in [9.17, 15) is 4.79 Å². The molecule has 4 rings (SSSR count). The second kappa shape index (κ2) is 6.73. The Bertz CT molecular complexity index is 684. The van der Waals surface area contributed by atoms with E-state index in [1.807, 2.05) is 47.6 Å². The van der Waals surface area contributed by atoms with E-state index in [4.69, 9.17) is 0 Å². The van der Waals surface area contributed by atoms with Crippen molar-refractivity contribution < 1.29 is 4.79 Å². The Morgan fingerprint density at radius 1 is 1.13 bits per heavy atom. The molecule has 0 unspecified atom stereocenters. The van der Waals surface area contributed by atoms with Gasteiger partial charge in [0.2, 0.25) is 0 Å². The minimum absolute atomic E-state index is 0.144. The quantitative estimate of drug-likeness (QED) is 0.910. The Balaban J connectivity index is 1.67. The standard InChI is InChI=1S/C18H22N2OS2/c21-17(19-13-7-11-22-12-8-13)16-14-5-1-2-6-15(14)23-18(16)20-9-3-4-10-20/h3-4,9-10,13H,1-2,5-8,11-12H2,(H,19,21). The molecule has 1 amide bonds. The molecule has 1 aliphatic carbocycles. The lowest BCUT2D eigenvalue weighted by Crippen LogP contribution is -2.38. The Morgan fingerprint density at radius 3 is 2.65 bits per heavy atom. The lowest BCUT2D eigenvalue weighted by Gasteiger charge is -2.23. The van der Waals surface area contributed by atoms with E-state index >= 15 is 0 Å². The third-order valence-corrected chi connectivity index (χ3v) is 7.13. The summed E-state index contributed by atoms with van der Waals surface area (Å²) in [5.41, 5.74) is 2.26. The van der Waals surface area contributed by atoms with Crippen molar-refractivity contribution in [2.45, 2.75) is 44.6 Å². The first-order valence-corrected chi connectivity index (χ1v) is 10.5. The van der Waals surface area contributed by atoms with Crippen LogP contribution in [0.5, 0.6) is 0 Å². The molecule has 3 nitrogen and oxygen atoms in total. The van der Waals surface area contributed by atoms with Gasteiger partial charge in [0.1, 0.15) is 5.00 Å². The molecule has 0 atom stereocenters. The van der Waals surface area contributed by atoms with Gasteiger partial charge in [0, 0.05) is 23.3 Å². The first-order valence-electron chi connectivity index (χ1n) is 8.49. The molecule has 2 aromatic rings. The van der Waals surface area contributed by atoms with Crippen LogP contribution in [0.3, 0.4) is 0 Å². The Kier molecular flexibility index (Phi) is 4.49. The normalized spacial score (nSPS) is 18.6. The van der Waals surface area contributed by atoms with Crippen LogP contribution in [0.15, 0.2) is 24.5 Å².